The number of likely N-dealkylation sites (tertiary alicyclic amines) is 1. The molecule has 0 bridgehead atoms. The highest BCUT2D eigenvalue weighted by Crippen LogP contribution is 2.33. The predicted molar refractivity (Wildman–Crippen MR) is 91.6 cm³/mol. The van der Waals surface area contributed by atoms with Gasteiger partial charge in [-0.05, 0) is 75.5 Å². The first-order valence-electron chi connectivity index (χ1n) is 8.81. The lowest BCUT2D eigenvalue weighted by Gasteiger charge is -2.40. The zero-order valence-corrected chi connectivity index (χ0v) is 13.6. The number of fused-ring (bicyclic) bond motifs is 1. The smallest absolute Gasteiger partial charge is 0.0913 e. The van der Waals surface area contributed by atoms with Crippen LogP contribution in [-0.2, 0) is 0 Å². The van der Waals surface area contributed by atoms with Crippen LogP contribution in [0.3, 0.4) is 0 Å². The fourth-order valence-electron chi connectivity index (χ4n) is 4.16. The molecule has 2 aromatic rings. The normalized spacial score (nSPS) is 23.3. The van der Waals surface area contributed by atoms with Gasteiger partial charge >= 0.3 is 0 Å². The lowest BCUT2D eigenvalue weighted by atomic mass is 9.87. The van der Waals surface area contributed by atoms with Crippen molar-refractivity contribution in [2.24, 2.45) is 0 Å². The van der Waals surface area contributed by atoms with Crippen LogP contribution in [0.2, 0.25) is 0 Å². The maximum atomic E-state index is 10.7. The van der Waals surface area contributed by atoms with Crippen molar-refractivity contribution in [1.82, 2.24) is 20.2 Å². The average molecular weight is 314 g/mol. The zero-order valence-electron chi connectivity index (χ0n) is 13.6. The predicted octanol–water partition coefficient (Wildman–Crippen LogP) is 1.86. The van der Waals surface area contributed by atoms with Gasteiger partial charge in [0.1, 0.15) is 0 Å². The quantitative estimate of drug-likeness (QED) is 0.809. The summed E-state index contributed by atoms with van der Waals surface area (Å²) in [5.41, 5.74) is 3.14. The topological polar surface area (TPSA) is 64.2 Å². The van der Waals surface area contributed by atoms with Gasteiger partial charge < -0.3 is 20.3 Å². The molecule has 2 aromatic heterocycles. The van der Waals surface area contributed by atoms with Crippen LogP contribution < -0.4 is 5.32 Å². The maximum absolute atomic E-state index is 10.7. The Labute approximate surface area is 137 Å². The largest absolute Gasteiger partial charge is 0.388 e. The van der Waals surface area contributed by atoms with E-state index in [2.05, 4.69) is 32.4 Å². The second kappa shape index (κ2) is 6.23. The molecule has 0 spiro atoms. The van der Waals surface area contributed by atoms with Crippen molar-refractivity contribution in [1.29, 1.82) is 0 Å². The van der Waals surface area contributed by atoms with E-state index >= 15 is 0 Å². The summed E-state index contributed by atoms with van der Waals surface area (Å²) in [5.74, 6) is 0.581. The fraction of sp³-hybridized carbons (Fsp3) is 0.611. The van der Waals surface area contributed by atoms with Crippen molar-refractivity contribution in [2.45, 2.75) is 37.2 Å². The lowest BCUT2D eigenvalue weighted by molar-refractivity contribution is -0.0256. The molecule has 0 atom stereocenters. The second-order valence-electron chi connectivity index (χ2n) is 7.17. The second-order valence-corrected chi connectivity index (χ2v) is 7.17. The van der Waals surface area contributed by atoms with Crippen LogP contribution in [-0.4, -0.2) is 58.3 Å². The summed E-state index contributed by atoms with van der Waals surface area (Å²) in [6.45, 7) is 4.84. The molecule has 0 saturated carbocycles. The summed E-state index contributed by atoms with van der Waals surface area (Å²) in [7, 11) is 0. The highest BCUT2D eigenvalue weighted by Gasteiger charge is 2.33. The van der Waals surface area contributed by atoms with E-state index in [9.17, 15) is 5.11 Å². The minimum atomic E-state index is -0.486. The number of H-pyrrole nitrogens is 1. The number of nitrogens with zero attached hydrogens (tertiary/aromatic N) is 2. The summed E-state index contributed by atoms with van der Waals surface area (Å²) in [4.78, 5) is 10.3. The van der Waals surface area contributed by atoms with Gasteiger partial charge in [-0.15, -0.1) is 0 Å². The standard InChI is InChI=1S/C18H26N4O/c23-18(5-8-19-9-6-18)13-22-10-3-14(4-11-22)15-12-21-16-2-1-7-20-17(15)16/h1-2,7,12,14,19,21,23H,3-6,8-11,13H2. The van der Waals surface area contributed by atoms with E-state index in [1.165, 1.54) is 5.56 Å². The summed E-state index contributed by atoms with van der Waals surface area (Å²) >= 11 is 0. The van der Waals surface area contributed by atoms with Crippen LogP contribution in [0.15, 0.2) is 24.5 Å². The van der Waals surface area contributed by atoms with Crippen molar-refractivity contribution in [3.8, 4) is 0 Å². The molecule has 5 nitrogen and oxygen atoms in total. The monoisotopic (exact) mass is 314 g/mol. The van der Waals surface area contributed by atoms with Crippen LogP contribution in [0.1, 0.15) is 37.2 Å². The van der Waals surface area contributed by atoms with Gasteiger partial charge in [0.2, 0.25) is 0 Å². The number of rotatable bonds is 3. The SMILES string of the molecule is OC1(CN2CCC(c3c[nH]c4cccnc34)CC2)CCNCC1. The Balaban J connectivity index is 1.39. The van der Waals surface area contributed by atoms with Gasteiger partial charge in [-0.3, -0.25) is 4.98 Å². The number of piperidine rings is 2. The molecular formula is C18H26N4O. The first kappa shape index (κ1) is 15.1. The van der Waals surface area contributed by atoms with Crippen molar-refractivity contribution < 1.29 is 5.11 Å². The maximum Gasteiger partial charge on any atom is 0.0913 e. The highest BCUT2D eigenvalue weighted by atomic mass is 16.3. The Bertz CT molecular complexity index is 654. The lowest BCUT2D eigenvalue weighted by Crippen LogP contribution is -2.51. The number of nitrogens with one attached hydrogen (secondary N) is 2. The molecule has 0 unspecified atom stereocenters. The van der Waals surface area contributed by atoms with E-state index in [-0.39, 0.29) is 0 Å². The number of pyridine rings is 1. The first-order valence-corrected chi connectivity index (χ1v) is 8.81. The Hall–Kier alpha value is -1.43. The van der Waals surface area contributed by atoms with E-state index in [1.54, 1.807) is 0 Å². The molecule has 4 rings (SSSR count). The van der Waals surface area contributed by atoms with Crippen LogP contribution in [0, 0.1) is 0 Å². The first-order chi connectivity index (χ1) is 11.2. The molecule has 0 aliphatic carbocycles. The van der Waals surface area contributed by atoms with Crippen LogP contribution in [0.5, 0.6) is 0 Å². The summed E-state index contributed by atoms with van der Waals surface area (Å²) in [6, 6.07) is 4.07. The molecule has 5 heteroatoms. The molecule has 124 valence electrons. The number of aromatic amines is 1. The molecule has 2 aliphatic heterocycles. The summed E-state index contributed by atoms with van der Waals surface area (Å²) in [5, 5.41) is 14.0. The van der Waals surface area contributed by atoms with Gasteiger partial charge in [0.25, 0.3) is 0 Å². The zero-order chi connectivity index (χ0) is 15.7. The number of hydrogen-bond acceptors (Lipinski definition) is 4. The van der Waals surface area contributed by atoms with Crippen LogP contribution >= 0.6 is 0 Å². The van der Waals surface area contributed by atoms with Crippen LogP contribution in [0.4, 0.5) is 0 Å². The number of hydrogen-bond donors (Lipinski definition) is 3. The van der Waals surface area contributed by atoms with Gasteiger partial charge in [-0.1, -0.05) is 0 Å². The molecule has 2 fully saturated rings. The van der Waals surface area contributed by atoms with Crippen LogP contribution in [0.25, 0.3) is 11.0 Å². The Morgan fingerprint density at radius 3 is 2.83 bits per heavy atom. The molecular weight excluding hydrogens is 288 g/mol. The molecule has 0 aromatic carbocycles. The third-order valence-electron chi connectivity index (χ3n) is 5.54. The van der Waals surface area contributed by atoms with Crippen molar-refractivity contribution in [3.05, 3.63) is 30.1 Å². The number of aliphatic hydroxyl groups is 1. The third-order valence-corrected chi connectivity index (χ3v) is 5.54. The molecule has 2 saturated heterocycles. The fourth-order valence-corrected chi connectivity index (χ4v) is 4.16. The summed E-state index contributed by atoms with van der Waals surface area (Å²) in [6.07, 6.45) is 8.06. The average Bonchev–Trinajstić information content (AvgIpc) is 3.00. The number of β-amino-alcohol motifs (C(OH)–C–C–N with tert-alkyl or cyclic N) is 1. The highest BCUT2D eigenvalue weighted by molar-refractivity contribution is 5.79. The molecule has 4 heterocycles. The molecule has 3 N–H and O–H groups in total. The van der Waals surface area contributed by atoms with Crippen molar-refractivity contribution in [3.63, 3.8) is 0 Å². The minimum Gasteiger partial charge on any atom is -0.388 e. The van der Waals surface area contributed by atoms with E-state index < -0.39 is 5.60 Å². The third kappa shape index (κ3) is 3.13. The molecule has 0 radical (unpaired) electrons. The van der Waals surface area contributed by atoms with E-state index in [0.717, 1.165) is 69.4 Å². The Morgan fingerprint density at radius 1 is 1.26 bits per heavy atom. The number of aromatic nitrogens is 2. The molecule has 2 aliphatic rings. The van der Waals surface area contributed by atoms with Gasteiger partial charge in [0.15, 0.2) is 0 Å². The molecule has 0 amide bonds. The van der Waals surface area contributed by atoms with E-state index in [0.29, 0.717) is 5.92 Å². The van der Waals surface area contributed by atoms with Gasteiger partial charge in [0.05, 0.1) is 16.6 Å². The van der Waals surface area contributed by atoms with Gasteiger partial charge in [-0.2, -0.15) is 0 Å². The Morgan fingerprint density at radius 2 is 2.04 bits per heavy atom. The van der Waals surface area contributed by atoms with Gasteiger partial charge in [-0.25, -0.2) is 0 Å². The molecule has 23 heavy (non-hydrogen) atoms. The van der Waals surface area contributed by atoms with Crippen molar-refractivity contribution >= 4 is 11.0 Å². The van der Waals surface area contributed by atoms with E-state index in [4.69, 9.17) is 0 Å². The Kier molecular flexibility index (Phi) is 4.09. The minimum absolute atomic E-state index is 0.486. The summed E-state index contributed by atoms with van der Waals surface area (Å²) < 4.78 is 0. The van der Waals surface area contributed by atoms with Gasteiger partial charge in [0, 0.05) is 18.9 Å². The van der Waals surface area contributed by atoms with Crippen molar-refractivity contribution in [2.75, 3.05) is 32.7 Å². The van der Waals surface area contributed by atoms with E-state index in [1.807, 2.05) is 12.3 Å².